The molecule has 4 rings (SSSR count). The van der Waals surface area contributed by atoms with Crippen molar-refractivity contribution in [1.82, 2.24) is 4.98 Å². The van der Waals surface area contributed by atoms with Crippen molar-refractivity contribution in [2.75, 3.05) is 10.6 Å². The molecule has 0 saturated carbocycles. The van der Waals surface area contributed by atoms with Crippen LogP contribution in [0.3, 0.4) is 0 Å². The number of pyridine rings is 1. The van der Waals surface area contributed by atoms with Crippen LogP contribution < -0.4 is 4.31 Å². The van der Waals surface area contributed by atoms with E-state index >= 15 is 0 Å². The normalized spacial score (nSPS) is 18.9. The molecule has 1 N–H and O–H groups in total. The van der Waals surface area contributed by atoms with E-state index in [2.05, 4.69) is 43.1 Å². The van der Waals surface area contributed by atoms with E-state index in [0.29, 0.717) is 0 Å². The molecular weight excluding hydrogens is 447 g/mol. The first-order valence-corrected chi connectivity index (χ1v) is 13.3. The number of aliphatic carboxylic acids is 1. The number of hydrogen-bond donors (Lipinski definition) is 1. The van der Waals surface area contributed by atoms with Gasteiger partial charge in [-0.2, -0.15) is 0 Å². The summed E-state index contributed by atoms with van der Waals surface area (Å²) in [6.45, 7) is 10.8. The molecule has 2 aliphatic rings. The number of carbonyl (C=O) groups is 1. The Morgan fingerprint density at radius 2 is 2.03 bits per heavy atom. The SMILES string of the molecule is CCC[C@H]1c2cc(F)cnc2-c2c(C)c(C3=CCC(C)(C)CC3)c(CC(=O)O)c(C)c2N1SC. The number of hydrogen-bond acceptors (Lipinski definition) is 4. The summed E-state index contributed by atoms with van der Waals surface area (Å²) in [4.78, 5) is 16.6. The van der Waals surface area contributed by atoms with Crippen LogP contribution in [0.15, 0.2) is 18.3 Å². The van der Waals surface area contributed by atoms with Gasteiger partial charge in [0.05, 0.1) is 30.0 Å². The van der Waals surface area contributed by atoms with Gasteiger partial charge in [0.25, 0.3) is 0 Å². The second kappa shape index (κ2) is 9.37. The zero-order chi connectivity index (χ0) is 24.8. The lowest BCUT2D eigenvalue weighted by Crippen LogP contribution is -2.29. The topological polar surface area (TPSA) is 53.4 Å². The van der Waals surface area contributed by atoms with Crippen LogP contribution in [0.1, 0.15) is 86.7 Å². The fourth-order valence-electron chi connectivity index (χ4n) is 5.69. The molecule has 182 valence electrons. The van der Waals surface area contributed by atoms with Gasteiger partial charge >= 0.3 is 5.97 Å². The number of anilines is 1. The lowest BCUT2D eigenvalue weighted by atomic mass is 9.73. The highest BCUT2D eigenvalue weighted by molar-refractivity contribution is 8.00. The van der Waals surface area contributed by atoms with Crippen molar-refractivity contribution in [3.63, 3.8) is 0 Å². The summed E-state index contributed by atoms with van der Waals surface area (Å²) in [5.41, 5.74) is 9.29. The number of rotatable bonds is 6. The highest BCUT2D eigenvalue weighted by Crippen LogP contribution is 2.54. The van der Waals surface area contributed by atoms with Crippen LogP contribution >= 0.6 is 11.9 Å². The summed E-state index contributed by atoms with van der Waals surface area (Å²) in [7, 11) is 0. The summed E-state index contributed by atoms with van der Waals surface area (Å²) in [5.74, 6) is -1.14. The monoisotopic (exact) mass is 482 g/mol. The number of halogens is 1. The first kappa shape index (κ1) is 24.8. The van der Waals surface area contributed by atoms with Crippen LogP contribution in [0, 0.1) is 25.1 Å². The van der Waals surface area contributed by atoms with Gasteiger partial charge in [0.2, 0.25) is 0 Å². The van der Waals surface area contributed by atoms with Gasteiger partial charge in [-0.05, 0) is 78.8 Å². The number of aromatic nitrogens is 1. The van der Waals surface area contributed by atoms with E-state index in [-0.39, 0.29) is 23.7 Å². The fraction of sp³-hybridized carbons (Fsp3) is 0.500. The van der Waals surface area contributed by atoms with E-state index in [1.165, 1.54) is 11.8 Å². The molecule has 1 atom stereocenters. The van der Waals surface area contributed by atoms with Crippen molar-refractivity contribution in [1.29, 1.82) is 0 Å². The van der Waals surface area contributed by atoms with E-state index in [9.17, 15) is 14.3 Å². The molecule has 1 aliphatic heterocycles. The predicted molar refractivity (Wildman–Crippen MR) is 140 cm³/mol. The van der Waals surface area contributed by atoms with Crippen LogP contribution in [0.25, 0.3) is 16.8 Å². The third-order valence-corrected chi connectivity index (χ3v) is 8.29. The Balaban J connectivity index is 2.06. The largest absolute Gasteiger partial charge is 0.481 e. The highest BCUT2D eigenvalue weighted by Gasteiger charge is 2.37. The average molecular weight is 483 g/mol. The summed E-state index contributed by atoms with van der Waals surface area (Å²) < 4.78 is 16.6. The Morgan fingerprint density at radius 1 is 1.29 bits per heavy atom. The van der Waals surface area contributed by atoms with Crippen molar-refractivity contribution in [3.05, 3.63) is 52.0 Å². The summed E-state index contributed by atoms with van der Waals surface area (Å²) >= 11 is 1.62. The quantitative estimate of drug-likeness (QED) is 0.428. The molecule has 0 unspecified atom stereocenters. The second-order valence-corrected chi connectivity index (χ2v) is 11.2. The maximum atomic E-state index is 14.4. The molecule has 6 heteroatoms. The van der Waals surface area contributed by atoms with Gasteiger partial charge in [-0.1, -0.05) is 45.2 Å². The standard InChI is InChI=1S/C28H35FN2O2S/c1-7-8-22-21-13-19(29)15-30-26(21)25-17(3)24(18-9-11-28(4,5)12-10-18)20(14-23(32)33)16(2)27(25)31(22)34-6/h9,13,15,22H,7-8,10-12,14H2,1-6H3,(H,32,33)/t22-/m0/s1. The molecule has 34 heavy (non-hydrogen) atoms. The lowest BCUT2D eigenvalue weighted by Gasteiger charge is -2.41. The third kappa shape index (κ3) is 4.26. The van der Waals surface area contributed by atoms with Crippen molar-refractivity contribution >= 4 is 29.2 Å². The minimum absolute atomic E-state index is 0.0120. The maximum absolute atomic E-state index is 14.4. The maximum Gasteiger partial charge on any atom is 0.307 e. The van der Waals surface area contributed by atoms with Gasteiger partial charge < -0.3 is 9.41 Å². The first-order valence-electron chi connectivity index (χ1n) is 12.2. The molecule has 4 nitrogen and oxygen atoms in total. The van der Waals surface area contributed by atoms with Gasteiger partial charge in [-0.3, -0.25) is 9.78 Å². The zero-order valence-corrected chi connectivity index (χ0v) is 21.9. The molecule has 1 aromatic heterocycles. The van der Waals surface area contributed by atoms with E-state index < -0.39 is 5.97 Å². The van der Waals surface area contributed by atoms with Crippen LogP contribution in [-0.4, -0.2) is 22.3 Å². The molecule has 1 aromatic carbocycles. The van der Waals surface area contributed by atoms with Gasteiger partial charge in [-0.25, -0.2) is 4.39 Å². The summed E-state index contributed by atoms with van der Waals surface area (Å²) in [5, 5.41) is 9.85. The lowest BCUT2D eigenvalue weighted by molar-refractivity contribution is -0.136. The molecular formula is C28H35FN2O2S. The number of benzene rings is 1. The Kier molecular flexibility index (Phi) is 6.83. The van der Waals surface area contributed by atoms with E-state index in [1.54, 1.807) is 18.0 Å². The minimum Gasteiger partial charge on any atom is -0.481 e. The van der Waals surface area contributed by atoms with Crippen molar-refractivity contribution in [2.45, 2.75) is 79.2 Å². The Labute approximate surface area is 206 Å². The van der Waals surface area contributed by atoms with Crippen molar-refractivity contribution < 1.29 is 14.3 Å². The molecule has 0 spiro atoms. The molecule has 0 bridgehead atoms. The Bertz CT molecular complexity index is 1170. The third-order valence-electron chi connectivity index (χ3n) is 7.46. The first-order chi connectivity index (χ1) is 16.1. The number of carboxylic acids is 1. The molecule has 1 aliphatic carbocycles. The molecule has 2 aromatic rings. The average Bonchev–Trinajstić information content (AvgIpc) is 2.77. The molecule has 0 fully saturated rings. The van der Waals surface area contributed by atoms with Crippen LogP contribution in [0.4, 0.5) is 10.1 Å². The van der Waals surface area contributed by atoms with Crippen LogP contribution in [0.5, 0.6) is 0 Å². The van der Waals surface area contributed by atoms with E-state index in [0.717, 1.165) is 76.9 Å². The number of carboxylic acid groups (broad SMARTS) is 1. The number of allylic oxidation sites excluding steroid dienone is 2. The van der Waals surface area contributed by atoms with Gasteiger partial charge in [0.1, 0.15) is 5.82 Å². The Hall–Kier alpha value is -2.34. The van der Waals surface area contributed by atoms with E-state index in [1.807, 2.05) is 13.2 Å². The molecule has 2 heterocycles. The minimum atomic E-state index is -0.822. The van der Waals surface area contributed by atoms with Crippen LogP contribution in [0.2, 0.25) is 0 Å². The zero-order valence-electron chi connectivity index (χ0n) is 21.1. The summed E-state index contributed by atoms with van der Waals surface area (Å²) in [6.07, 6.45) is 10.4. The Morgan fingerprint density at radius 3 is 2.62 bits per heavy atom. The van der Waals surface area contributed by atoms with Gasteiger partial charge in [0, 0.05) is 17.4 Å². The van der Waals surface area contributed by atoms with Gasteiger partial charge in [-0.15, -0.1) is 0 Å². The van der Waals surface area contributed by atoms with E-state index in [4.69, 9.17) is 0 Å². The number of fused-ring (bicyclic) bond motifs is 3. The molecule has 0 saturated heterocycles. The summed E-state index contributed by atoms with van der Waals surface area (Å²) in [6, 6.07) is 1.62. The van der Waals surface area contributed by atoms with Gasteiger partial charge in [0.15, 0.2) is 0 Å². The number of nitrogens with zero attached hydrogens (tertiary/aromatic N) is 2. The van der Waals surface area contributed by atoms with Crippen LogP contribution in [-0.2, 0) is 11.2 Å². The fourth-order valence-corrected chi connectivity index (χ4v) is 6.57. The molecule has 0 amide bonds. The highest BCUT2D eigenvalue weighted by atomic mass is 32.2. The second-order valence-electron chi connectivity index (χ2n) is 10.4. The predicted octanol–water partition coefficient (Wildman–Crippen LogP) is 7.66. The van der Waals surface area contributed by atoms with Crippen molar-refractivity contribution in [3.8, 4) is 11.3 Å². The molecule has 0 radical (unpaired) electrons. The van der Waals surface area contributed by atoms with Crippen molar-refractivity contribution in [2.24, 2.45) is 5.41 Å². The smallest absolute Gasteiger partial charge is 0.307 e.